The summed E-state index contributed by atoms with van der Waals surface area (Å²) >= 11 is 0. The van der Waals surface area contributed by atoms with Gasteiger partial charge >= 0.3 is 12.1 Å². The van der Waals surface area contributed by atoms with Gasteiger partial charge < -0.3 is 15.2 Å². The fourth-order valence-corrected chi connectivity index (χ4v) is 1.26. The molecule has 106 valence electrons. The van der Waals surface area contributed by atoms with Crippen LogP contribution in [0.2, 0.25) is 0 Å². The molecule has 0 aliphatic carbocycles. The lowest BCUT2D eigenvalue weighted by molar-refractivity contribution is -0.137. The van der Waals surface area contributed by atoms with Crippen LogP contribution >= 0.6 is 0 Å². The largest absolute Gasteiger partial charge is 0.480 e. The van der Waals surface area contributed by atoms with Gasteiger partial charge in [-0.2, -0.15) is 18.4 Å². The van der Waals surface area contributed by atoms with Crippen molar-refractivity contribution in [3.05, 3.63) is 41.3 Å². The van der Waals surface area contributed by atoms with Crippen LogP contribution in [0.5, 0.6) is 0 Å². The summed E-state index contributed by atoms with van der Waals surface area (Å²) in [6, 6.07) is 5.25. The zero-order chi connectivity index (χ0) is 15.3. The van der Waals surface area contributed by atoms with Gasteiger partial charge in [-0.1, -0.05) is 6.07 Å². The minimum atomic E-state index is -4.55. The number of halogens is 3. The fraction of sp³-hybridized carbons (Fsp3) is 0.167. The van der Waals surface area contributed by atoms with Crippen molar-refractivity contribution in [3.63, 3.8) is 0 Å². The van der Waals surface area contributed by atoms with E-state index in [-0.39, 0.29) is 5.69 Å². The van der Waals surface area contributed by atoms with Crippen LogP contribution < -0.4 is 5.32 Å². The fourth-order valence-electron chi connectivity index (χ4n) is 1.26. The van der Waals surface area contributed by atoms with Crippen molar-refractivity contribution in [1.29, 1.82) is 5.26 Å². The van der Waals surface area contributed by atoms with E-state index in [1.807, 2.05) is 0 Å². The second kappa shape index (κ2) is 5.97. The first-order valence-electron chi connectivity index (χ1n) is 5.15. The molecule has 0 spiro atoms. The molecule has 2 N–H and O–H groups in total. The normalized spacial score (nSPS) is 12.2. The summed E-state index contributed by atoms with van der Waals surface area (Å²) < 4.78 is 41.7. The minimum absolute atomic E-state index is 0.165. The predicted molar refractivity (Wildman–Crippen MR) is 62.4 cm³/mol. The lowest BCUT2D eigenvalue weighted by Crippen LogP contribution is -2.16. The number of ether oxygens (including phenoxy) is 1. The Morgan fingerprint density at radius 3 is 2.60 bits per heavy atom. The van der Waals surface area contributed by atoms with Crippen molar-refractivity contribution in [2.24, 2.45) is 0 Å². The Bertz CT molecular complexity index is 588. The first-order valence-corrected chi connectivity index (χ1v) is 5.15. The van der Waals surface area contributed by atoms with Crippen molar-refractivity contribution in [3.8, 4) is 6.07 Å². The Balaban J connectivity index is 3.01. The van der Waals surface area contributed by atoms with Crippen LogP contribution in [0.4, 0.5) is 18.9 Å². The van der Waals surface area contributed by atoms with Gasteiger partial charge in [0.15, 0.2) is 5.57 Å². The summed E-state index contributed by atoms with van der Waals surface area (Å²) in [4.78, 5) is 11.6. The Morgan fingerprint density at radius 2 is 2.10 bits per heavy atom. The third-order valence-corrected chi connectivity index (χ3v) is 2.19. The van der Waals surface area contributed by atoms with Crippen molar-refractivity contribution in [2.75, 3.05) is 12.4 Å². The molecule has 0 atom stereocenters. The number of alkyl halides is 3. The van der Waals surface area contributed by atoms with E-state index in [1.54, 1.807) is 0 Å². The first kappa shape index (κ1) is 15.4. The maximum Gasteiger partial charge on any atom is 0.416 e. The molecule has 0 aliphatic heterocycles. The van der Waals surface area contributed by atoms with E-state index in [0.29, 0.717) is 6.07 Å². The monoisotopic (exact) mass is 286 g/mol. The second-order valence-electron chi connectivity index (χ2n) is 3.53. The molecule has 5 nitrogen and oxygen atoms in total. The SMILES string of the molecule is COC(O)=C(C#N)C(=O)Nc1cccc(C(F)(F)F)c1. The van der Waals surface area contributed by atoms with Gasteiger partial charge in [0.05, 0.1) is 12.7 Å². The Labute approximate surface area is 111 Å². The van der Waals surface area contributed by atoms with E-state index in [9.17, 15) is 18.0 Å². The lowest BCUT2D eigenvalue weighted by Gasteiger charge is -2.09. The summed E-state index contributed by atoms with van der Waals surface area (Å²) in [6.45, 7) is 0. The van der Waals surface area contributed by atoms with E-state index < -0.39 is 29.2 Å². The quantitative estimate of drug-likeness (QED) is 0.508. The van der Waals surface area contributed by atoms with E-state index in [0.717, 1.165) is 19.2 Å². The topological polar surface area (TPSA) is 82.3 Å². The van der Waals surface area contributed by atoms with Gasteiger partial charge in [0, 0.05) is 5.69 Å². The molecule has 0 heterocycles. The highest BCUT2D eigenvalue weighted by atomic mass is 19.4. The Kier molecular flexibility index (Phi) is 4.59. The van der Waals surface area contributed by atoms with E-state index in [2.05, 4.69) is 10.1 Å². The minimum Gasteiger partial charge on any atom is -0.480 e. The number of hydrogen-bond donors (Lipinski definition) is 2. The molecule has 0 aliphatic rings. The van der Waals surface area contributed by atoms with Gasteiger partial charge in [0.25, 0.3) is 5.91 Å². The van der Waals surface area contributed by atoms with Crippen molar-refractivity contribution in [1.82, 2.24) is 0 Å². The van der Waals surface area contributed by atoms with Gasteiger partial charge in [-0.15, -0.1) is 0 Å². The summed E-state index contributed by atoms with van der Waals surface area (Å²) in [6.07, 6.45) is -4.55. The number of rotatable bonds is 3. The number of anilines is 1. The van der Waals surface area contributed by atoms with Gasteiger partial charge in [0.2, 0.25) is 0 Å². The molecule has 0 saturated heterocycles. The molecule has 1 amide bonds. The third-order valence-electron chi connectivity index (χ3n) is 2.19. The van der Waals surface area contributed by atoms with Crippen LogP contribution in [0.1, 0.15) is 5.56 Å². The molecule has 0 aromatic heterocycles. The summed E-state index contributed by atoms with van der Waals surface area (Å²) in [5.41, 5.74) is -1.86. The van der Waals surface area contributed by atoms with E-state index >= 15 is 0 Å². The Hall–Kier alpha value is -2.69. The lowest BCUT2D eigenvalue weighted by atomic mass is 10.2. The van der Waals surface area contributed by atoms with E-state index in [4.69, 9.17) is 10.4 Å². The van der Waals surface area contributed by atoms with Crippen LogP contribution in [0.25, 0.3) is 0 Å². The van der Waals surface area contributed by atoms with Crippen molar-refractivity contribution < 1.29 is 27.8 Å². The van der Waals surface area contributed by atoms with Gasteiger partial charge in [-0.3, -0.25) is 4.79 Å². The molecule has 1 aromatic rings. The highest BCUT2D eigenvalue weighted by molar-refractivity contribution is 6.06. The smallest absolute Gasteiger partial charge is 0.416 e. The zero-order valence-electron chi connectivity index (χ0n) is 10.2. The molecule has 8 heteroatoms. The van der Waals surface area contributed by atoms with Gasteiger partial charge in [0.1, 0.15) is 6.07 Å². The van der Waals surface area contributed by atoms with Crippen LogP contribution in [-0.4, -0.2) is 18.1 Å². The third kappa shape index (κ3) is 3.65. The molecule has 0 radical (unpaired) electrons. The summed E-state index contributed by atoms with van der Waals surface area (Å²) in [5, 5.41) is 19.9. The molecule has 20 heavy (non-hydrogen) atoms. The first-order chi connectivity index (χ1) is 9.29. The average Bonchev–Trinajstić information content (AvgIpc) is 2.38. The Morgan fingerprint density at radius 1 is 1.45 bits per heavy atom. The maximum absolute atomic E-state index is 12.5. The van der Waals surface area contributed by atoms with Crippen molar-refractivity contribution >= 4 is 11.6 Å². The number of nitriles is 1. The molecule has 1 aromatic carbocycles. The maximum atomic E-state index is 12.5. The number of hydrogen-bond acceptors (Lipinski definition) is 4. The number of carbonyl (C=O) groups is 1. The molecule has 0 unspecified atom stereocenters. The summed E-state index contributed by atoms with van der Waals surface area (Å²) in [5.74, 6) is -2.00. The number of amides is 1. The number of nitrogens with one attached hydrogen (secondary N) is 1. The number of aliphatic hydroxyl groups excluding tert-OH is 1. The standard InChI is InChI=1S/C12H9F3N2O3/c1-20-11(19)9(6-16)10(18)17-8-4-2-3-7(5-8)12(13,14)15/h2-5,19H,1H3,(H,17,18). The molecule has 0 bridgehead atoms. The molecule has 1 rings (SSSR count). The van der Waals surface area contributed by atoms with Crippen LogP contribution in [-0.2, 0) is 15.7 Å². The highest BCUT2D eigenvalue weighted by Gasteiger charge is 2.30. The number of methoxy groups -OCH3 is 1. The van der Waals surface area contributed by atoms with Gasteiger partial charge in [-0.05, 0) is 18.2 Å². The number of benzene rings is 1. The number of aliphatic hydroxyl groups is 1. The summed E-state index contributed by atoms with van der Waals surface area (Å²) in [7, 11) is 1.03. The van der Waals surface area contributed by atoms with Crippen LogP contribution in [0.15, 0.2) is 35.8 Å². The zero-order valence-corrected chi connectivity index (χ0v) is 10.2. The average molecular weight is 286 g/mol. The van der Waals surface area contributed by atoms with Gasteiger partial charge in [-0.25, -0.2) is 0 Å². The highest BCUT2D eigenvalue weighted by Crippen LogP contribution is 2.30. The van der Waals surface area contributed by atoms with Crippen LogP contribution in [0, 0.1) is 11.3 Å². The predicted octanol–water partition coefficient (Wildman–Crippen LogP) is 2.58. The van der Waals surface area contributed by atoms with Crippen LogP contribution in [0.3, 0.4) is 0 Å². The number of nitrogens with zero attached hydrogens (tertiary/aromatic N) is 1. The molecule has 0 saturated carbocycles. The molecular formula is C12H9F3N2O3. The second-order valence-corrected chi connectivity index (χ2v) is 3.53. The number of carbonyl (C=O) groups excluding carboxylic acids is 1. The molecular weight excluding hydrogens is 277 g/mol. The van der Waals surface area contributed by atoms with E-state index in [1.165, 1.54) is 12.1 Å². The molecule has 0 fully saturated rings. The van der Waals surface area contributed by atoms with Crippen molar-refractivity contribution in [2.45, 2.75) is 6.18 Å².